The lowest BCUT2D eigenvalue weighted by molar-refractivity contribution is 0.0697. The molecule has 1 heterocycles. The van der Waals surface area contributed by atoms with E-state index in [0.717, 1.165) is 13.1 Å². The first-order chi connectivity index (χ1) is 8.91. The van der Waals surface area contributed by atoms with E-state index in [4.69, 9.17) is 11.6 Å². The molecule has 1 saturated heterocycles. The number of aromatic carboxylic acids is 1. The first kappa shape index (κ1) is 14.2. The Morgan fingerprint density at radius 2 is 1.89 bits per heavy atom. The number of hydrogen-bond donors (Lipinski definition) is 1. The van der Waals surface area contributed by atoms with Crippen LogP contribution >= 0.6 is 11.6 Å². The van der Waals surface area contributed by atoms with Gasteiger partial charge in [0, 0.05) is 25.2 Å². The van der Waals surface area contributed by atoms with Crippen molar-refractivity contribution in [2.24, 2.45) is 0 Å². The molecule has 2 rings (SSSR count). The second-order valence-electron chi connectivity index (χ2n) is 5.21. The van der Waals surface area contributed by atoms with Gasteiger partial charge in [0.25, 0.3) is 0 Å². The number of benzene rings is 1. The average molecular weight is 283 g/mol. The molecule has 0 aromatic heterocycles. The Kier molecular flexibility index (Phi) is 4.02. The Balaban J connectivity index is 2.39. The number of nitrogens with zero attached hydrogens (tertiary/aromatic N) is 2. The molecule has 0 spiro atoms. The third kappa shape index (κ3) is 2.69. The zero-order valence-electron chi connectivity index (χ0n) is 11.4. The van der Waals surface area contributed by atoms with Crippen LogP contribution in [0.1, 0.15) is 24.2 Å². The summed E-state index contributed by atoms with van der Waals surface area (Å²) < 4.78 is 0. The minimum atomic E-state index is -0.934. The van der Waals surface area contributed by atoms with Crippen LogP contribution in [0.5, 0.6) is 0 Å². The predicted octanol–water partition coefficient (Wildman–Crippen LogP) is 2.57. The molecule has 19 heavy (non-hydrogen) atoms. The minimum Gasteiger partial charge on any atom is -0.478 e. The van der Waals surface area contributed by atoms with E-state index in [1.54, 1.807) is 18.2 Å². The van der Waals surface area contributed by atoms with Crippen molar-refractivity contribution >= 4 is 23.3 Å². The van der Waals surface area contributed by atoms with Gasteiger partial charge in [0.2, 0.25) is 0 Å². The Hall–Kier alpha value is -1.26. The highest BCUT2D eigenvalue weighted by molar-refractivity contribution is 6.34. The number of piperazine rings is 1. The molecule has 1 aromatic carbocycles. The zero-order chi connectivity index (χ0) is 14.2. The second-order valence-corrected chi connectivity index (χ2v) is 5.62. The van der Waals surface area contributed by atoms with Gasteiger partial charge in [-0.2, -0.15) is 0 Å². The van der Waals surface area contributed by atoms with Crippen LogP contribution in [0, 0.1) is 0 Å². The summed E-state index contributed by atoms with van der Waals surface area (Å²) in [7, 11) is 2.09. The number of likely N-dealkylation sites (N-methyl/N-ethyl adjacent to an activating group) is 1. The van der Waals surface area contributed by atoms with Crippen LogP contribution in [0.25, 0.3) is 0 Å². The first-order valence-electron chi connectivity index (χ1n) is 6.40. The van der Waals surface area contributed by atoms with E-state index >= 15 is 0 Å². The minimum absolute atomic E-state index is 0.274. The Morgan fingerprint density at radius 3 is 2.42 bits per heavy atom. The number of rotatable bonds is 2. The van der Waals surface area contributed by atoms with E-state index in [-0.39, 0.29) is 5.56 Å². The highest BCUT2D eigenvalue weighted by Crippen LogP contribution is 2.32. The molecule has 4 nitrogen and oxygen atoms in total. The third-order valence-electron chi connectivity index (χ3n) is 3.89. The van der Waals surface area contributed by atoms with Crippen molar-refractivity contribution in [3.05, 3.63) is 28.8 Å². The molecule has 1 fully saturated rings. The molecule has 0 saturated carbocycles. The molecule has 2 unspecified atom stereocenters. The number of carboxylic acid groups (broad SMARTS) is 1. The number of para-hydroxylation sites is 1. The molecule has 1 aromatic rings. The van der Waals surface area contributed by atoms with Gasteiger partial charge in [-0.05, 0) is 33.0 Å². The largest absolute Gasteiger partial charge is 0.478 e. The van der Waals surface area contributed by atoms with Gasteiger partial charge < -0.3 is 10.0 Å². The Morgan fingerprint density at radius 1 is 1.32 bits per heavy atom. The molecule has 2 atom stereocenters. The van der Waals surface area contributed by atoms with E-state index in [1.807, 2.05) is 0 Å². The summed E-state index contributed by atoms with van der Waals surface area (Å²) in [4.78, 5) is 15.7. The van der Waals surface area contributed by atoms with Crippen molar-refractivity contribution in [1.82, 2.24) is 4.90 Å². The molecule has 104 valence electrons. The second kappa shape index (κ2) is 5.39. The highest BCUT2D eigenvalue weighted by atomic mass is 35.5. The molecule has 0 aliphatic carbocycles. The topological polar surface area (TPSA) is 43.8 Å². The van der Waals surface area contributed by atoms with Gasteiger partial charge in [0.1, 0.15) is 0 Å². The molecule has 5 heteroatoms. The van der Waals surface area contributed by atoms with E-state index in [0.29, 0.717) is 22.8 Å². The molecular formula is C14H19ClN2O2. The summed E-state index contributed by atoms with van der Waals surface area (Å²) >= 11 is 6.22. The number of carboxylic acids is 1. The van der Waals surface area contributed by atoms with Gasteiger partial charge in [-0.15, -0.1) is 0 Å². The van der Waals surface area contributed by atoms with Crippen molar-refractivity contribution < 1.29 is 9.90 Å². The average Bonchev–Trinajstić information content (AvgIpc) is 2.35. The van der Waals surface area contributed by atoms with Crippen LogP contribution in [0.15, 0.2) is 18.2 Å². The third-order valence-corrected chi connectivity index (χ3v) is 4.20. The van der Waals surface area contributed by atoms with Gasteiger partial charge in [-0.3, -0.25) is 4.90 Å². The fourth-order valence-electron chi connectivity index (χ4n) is 2.60. The molecule has 1 N–H and O–H groups in total. The summed E-state index contributed by atoms with van der Waals surface area (Å²) in [6.45, 7) is 5.84. The Bertz CT molecular complexity index is 480. The van der Waals surface area contributed by atoms with E-state index in [9.17, 15) is 9.90 Å². The maximum Gasteiger partial charge on any atom is 0.337 e. The van der Waals surface area contributed by atoms with Crippen LogP contribution in [0.2, 0.25) is 5.02 Å². The number of halogens is 1. The number of carbonyl (C=O) groups is 1. The maximum absolute atomic E-state index is 11.3. The van der Waals surface area contributed by atoms with Crippen LogP contribution in [-0.2, 0) is 0 Å². The van der Waals surface area contributed by atoms with Crippen molar-refractivity contribution in [3.8, 4) is 0 Å². The summed E-state index contributed by atoms with van der Waals surface area (Å²) in [5.74, 6) is -0.934. The van der Waals surface area contributed by atoms with Crippen LogP contribution in [0.4, 0.5) is 5.69 Å². The number of hydrogen-bond acceptors (Lipinski definition) is 3. The van der Waals surface area contributed by atoms with Gasteiger partial charge in [0.15, 0.2) is 0 Å². The number of anilines is 1. The predicted molar refractivity (Wildman–Crippen MR) is 77.3 cm³/mol. The standard InChI is InChI=1S/C14H19ClN2O2/c1-9-7-17(8-10(2)16(9)3)13-11(14(18)19)5-4-6-12(13)15/h4-6,9-10H,7-8H2,1-3H3,(H,18,19). The van der Waals surface area contributed by atoms with Crippen molar-refractivity contribution in [2.45, 2.75) is 25.9 Å². The molecule has 0 amide bonds. The zero-order valence-corrected chi connectivity index (χ0v) is 12.2. The quantitative estimate of drug-likeness (QED) is 0.905. The van der Waals surface area contributed by atoms with E-state index in [1.165, 1.54) is 0 Å². The molecule has 1 aliphatic heterocycles. The van der Waals surface area contributed by atoms with Gasteiger partial charge in [-0.25, -0.2) is 4.79 Å². The lowest BCUT2D eigenvalue weighted by atomic mass is 10.1. The molecular weight excluding hydrogens is 264 g/mol. The van der Waals surface area contributed by atoms with E-state index in [2.05, 4.69) is 30.7 Å². The fraction of sp³-hybridized carbons (Fsp3) is 0.500. The van der Waals surface area contributed by atoms with Crippen LogP contribution in [0.3, 0.4) is 0 Å². The Labute approximate surface area is 118 Å². The van der Waals surface area contributed by atoms with Gasteiger partial charge in [0.05, 0.1) is 16.3 Å². The van der Waals surface area contributed by atoms with Crippen molar-refractivity contribution in [2.75, 3.05) is 25.0 Å². The van der Waals surface area contributed by atoms with Gasteiger partial charge >= 0.3 is 5.97 Å². The SMILES string of the molecule is CC1CN(c2c(Cl)cccc2C(=O)O)CC(C)N1C. The van der Waals surface area contributed by atoms with E-state index < -0.39 is 5.97 Å². The fourth-order valence-corrected chi connectivity index (χ4v) is 2.89. The molecule has 0 bridgehead atoms. The van der Waals surface area contributed by atoms with Crippen LogP contribution in [-0.4, -0.2) is 48.2 Å². The highest BCUT2D eigenvalue weighted by Gasteiger charge is 2.29. The maximum atomic E-state index is 11.3. The molecule has 0 radical (unpaired) electrons. The first-order valence-corrected chi connectivity index (χ1v) is 6.78. The summed E-state index contributed by atoms with van der Waals surface area (Å²) in [6.07, 6.45) is 0. The monoisotopic (exact) mass is 282 g/mol. The summed E-state index contributed by atoms with van der Waals surface area (Å²) in [5.41, 5.74) is 0.917. The van der Waals surface area contributed by atoms with Crippen molar-refractivity contribution in [1.29, 1.82) is 0 Å². The summed E-state index contributed by atoms with van der Waals surface area (Å²) in [6, 6.07) is 5.76. The van der Waals surface area contributed by atoms with Gasteiger partial charge in [-0.1, -0.05) is 17.7 Å². The van der Waals surface area contributed by atoms with Crippen molar-refractivity contribution in [3.63, 3.8) is 0 Å². The lowest BCUT2D eigenvalue weighted by Gasteiger charge is -2.44. The summed E-state index contributed by atoms with van der Waals surface area (Å²) in [5, 5.41) is 9.81. The lowest BCUT2D eigenvalue weighted by Crippen LogP contribution is -2.55. The molecule has 1 aliphatic rings. The van der Waals surface area contributed by atoms with Crippen LogP contribution < -0.4 is 4.90 Å². The smallest absolute Gasteiger partial charge is 0.337 e. The normalized spacial score (nSPS) is 24.5.